The summed E-state index contributed by atoms with van der Waals surface area (Å²) in [7, 11) is 0. The molecule has 1 aromatic heterocycles. The van der Waals surface area contributed by atoms with E-state index >= 15 is 0 Å². The molecule has 1 nitrogen and oxygen atoms in total. The van der Waals surface area contributed by atoms with Crippen LogP contribution in [0, 0.1) is 6.92 Å². The molecule has 0 aliphatic heterocycles. The molecule has 1 aromatic carbocycles. The average Bonchev–Trinajstić information content (AvgIpc) is 2.70. The van der Waals surface area contributed by atoms with E-state index < -0.39 is 6.10 Å². The van der Waals surface area contributed by atoms with Gasteiger partial charge in [0.15, 0.2) is 0 Å². The minimum atomic E-state index is -0.522. The van der Waals surface area contributed by atoms with E-state index in [1.54, 1.807) is 11.3 Å². The van der Waals surface area contributed by atoms with Crippen LogP contribution in [-0.4, -0.2) is 5.11 Å². The maximum Gasteiger partial charge on any atom is 0.0852 e. The fourth-order valence-corrected chi connectivity index (χ4v) is 2.74. The Kier molecular flexibility index (Phi) is 3.64. The van der Waals surface area contributed by atoms with Crippen molar-refractivity contribution in [1.29, 1.82) is 0 Å². The molecule has 1 atom stereocenters. The molecule has 0 aliphatic carbocycles. The molecule has 1 N–H and O–H groups in total. The highest BCUT2D eigenvalue weighted by Gasteiger charge is 2.12. The second-order valence-corrected chi connectivity index (χ2v) is 5.26. The maximum absolute atomic E-state index is 10.1. The van der Waals surface area contributed by atoms with E-state index in [1.165, 1.54) is 4.88 Å². The predicted octanol–water partition coefficient (Wildman–Crippen LogP) is 3.99. The van der Waals surface area contributed by atoms with Crippen LogP contribution in [0.1, 0.15) is 22.1 Å². The van der Waals surface area contributed by atoms with Gasteiger partial charge in [0.1, 0.15) is 0 Å². The van der Waals surface area contributed by atoms with Crippen molar-refractivity contribution in [1.82, 2.24) is 0 Å². The third kappa shape index (κ3) is 2.64. The Bertz CT molecular complexity index is 465. The summed E-state index contributed by atoms with van der Waals surface area (Å²) in [5, 5.41) is 12.7. The van der Waals surface area contributed by atoms with Gasteiger partial charge in [0.25, 0.3) is 0 Å². The fraction of sp³-hybridized carbons (Fsp3) is 0.231. The molecule has 3 heteroatoms. The third-order valence-corrected chi connectivity index (χ3v) is 3.72. The number of thiophene rings is 1. The van der Waals surface area contributed by atoms with E-state index in [-0.39, 0.29) is 0 Å². The van der Waals surface area contributed by atoms with Gasteiger partial charge in [-0.1, -0.05) is 29.8 Å². The van der Waals surface area contributed by atoms with Crippen molar-refractivity contribution in [3.8, 4) is 0 Å². The monoisotopic (exact) mass is 252 g/mol. The highest BCUT2D eigenvalue weighted by molar-refractivity contribution is 7.09. The molecule has 0 amide bonds. The van der Waals surface area contributed by atoms with E-state index in [2.05, 4.69) is 0 Å². The molecule has 0 bridgehead atoms. The van der Waals surface area contributed by atoms with Gasteiger partial charge < -0.3 is 5.11 Å². The number of halogens is 1. The van der Waals surface area contributed by atoms with E-state index in [4.69, 9.17) is 11.6 Å². The van der Waals surface area contributed by atoms with Crippen LogP contribution in [-0.2, 0) is 6.42 Å². The summed E-state index contributed by atoms with van der Waals surface area (Å²) in [6.07, 6.45) is 0.104. The summed E-state index contributed by atoms with van der Waals surface area (Å²) in [6, 6.07) is 9.77. The standard InChI is InChI=1S/C13H13ClOS/c1-9-4-5-11(12(14)7-9)13(15)8-10-3-2-6-16-10/h2-7,13,15H,8H2,1H3. The Morgan fingerprint density at radius 1 is 1.38 bits per heavy atom. The summed E-state index contributed by atoms with van der Waals surface area (Å²) in [6.45, 7) is 1.99. The number of aryl methyl sites for hydroxylation is 1. The van der Waals surface area contributed by atoms with E-state index in [1.807, 2.05) is 42.6 Å². The highest BCUT2D eigenvalue weighted by Crippen LogP contribution is 2.27. The number of hydrogen-bond donors (Lipinski definition) is 1. The SMILES string of the molecule is Cc1ccc(C(O)Cc2cccs2)c(Cl)c1. The largest absolute Gasteiger partial charge is 0.388 e. The van der Waals surface area contributed by atoms with Crippen LogP contribution in [0.4, 0.5) is 0 Å². The molecule has 1 unspecified atom stereocenters. The predicted molar refractivity (Wildman–Crippen MR) is 69.2 cm³/mol. The molecule has 1 heterocycles. The lowest BCUT2D eigenvalue weighted by Crippen LogP contribution is -2.01. The Balaban J connectivity index is 2.17. The minimum absolute atomic E-state index is 0.522. The molecule has 0 saturated carbocycles. The fourth-order valence-electron chi connectivity index (χ4n) is 1.63. The first-order valence-electron chi connectivity index (χ1n) is 5.13. The van der Waals surface area contributed by atoms with Gasteiger partial charge in [-0.05, 0) is 35.6 Å². The molecule has 2 rings (SSSR count). The van der Waals surface area contributed by atoms with Crippen molar-refractivity contribution in [2.75, 3.05) is 0 Å². The average molecular weight is 253 g/mol. The number of aliphatic hydroxyl groups is 1. The summed E-state index contributed by atoms with van der Waals surface area (Å²) >= 11 is 7.76. The first kappa shape index (κ1) is 11.6. The lowest BCUT2D eigenvalue weighted by molar-refractivity contribution is 0.179. The van der Waals surface area contributed by atoms with Crippen molar-refractivity contribution in [2.24, 2.45) is 0 Å². The van der Waals surface area contributed by atoms with Crippen molar-refractivity contribution < 1.29 is 5.11 Å². The second kappa shape index (κ2) is 5.00. The normalized spacial score (nSPS) is 12.7. The number of benzene rings is 1. The summed E-state index contributed by atoms with van der Waals surface area (Å²) < 4.78 is 0. The van der Waals surface area contributed by atoms with Crippen molar-refractivity contribution in [3.05, 3.63) is 56.7 Å². The van der Waals surface area contributed by atoms with E-state index in [0.29, 0.717) is 11.4 Å². The molecule has 84 valence electrons. The van der Waals surface area contributed by atoms with Gasteiger partial charge in [-0.3, -0.25) is 0 Å². The zero-order valence-corrected chi connectivity index (χ0v) is 10.6. The van der Waals surface area contributed by atoms with Crippen LogP contribution in [0.15, 0.2) is 35.7 Å². The zero-order valence-electron chi connectivity index (χ0n) is 8.98. The van der Waals surface area contributed by atoms with Gasteiger partial charge in [0.2, 0.25) is 0 Å². The van der Waals surface area contributed by atoms with Crippen LogP contribution in [0.3, 0.4) is 0 Å². The maximum atomic E-state index is 10.1. The Morgan fingerprint density at radius 2 is 2.19 bits per heavy atom. The van der Waals surface area contributed by atoms with Gasteiger partial charge in [-0.25, -0.2) is 0 Å². The van der Waals surface area contributed by atoms with Crippen LogP contribution in [0.2, 0.25) is 5.02 Å². The van der Waals surface area contributed by atoms with Crippen LogP contribution in [0.25, 0.3) is 0 Å². The summed E-state index contributed by atoms with van der Waals surface area (Å²) in [5.41, 5.74) is 1.91. The second-order valence-electron chi connectivity index (χ2n) is 3.82. The van der Waals surface area contributed by atoms with Crippen LogP contribution in [0.5, 0.6) is 0 Å². The molecule has 0 aliphatic rings. The Labute approximate surface area is 104 Å². The van der Waals surface area contributed by atoms with Gasteiger partial charge in [-0.15, -0.1) is 11.3 Å². The molecular formula is C13H13ClOS. The zero-order chi connectivity index (χ0) is 11.5. The van der Waals surface area contributed by atoms with Gasteiger partial charge in [0, 0.05) is 16.3 Å². The molecular weight excluding hydrogens is 240 g/mol. The molecule has 0 spiro atoms. The number of rotatable bonds is 3. The molecule has 0 fully saturated rings. The molecule has 16 heavy (non-hydrogen) atoms. The van der Waals surface area contributed by atoms with Crippen molar-refractivity contribution in [3.63, 3.8) is 0 Å². The summed E-state index contributed by atoms with van der Waals surface area (Å²) in [5.74, 6) is 0. The van der Waals surface area contributed by atoms with Crippen molar-refractivity contribution in [2.45, 2.75) is 19.4 Å². The number of hydrogen-bond acceptors (Lipinski definition) is 2. The molecule has 2 aromatic rings. The quantitative estimate of drug-likeness (QED) is 0.876. The minimum Gasteiger partial charge on any atom is -0.388 e. The number of aliphatic hydroxyl groups excluding tert-OH is 1. The van der Waals surface area contributed by atoms with Crippen LogP contribution < -0.4 is 0 Å². The Morgan fingerprint density at radius 3 is 2.81 bits per heavy atom. The molecule has 0 saturated heterocycles. The van der Waals surface area contributed by atoms with E-state index in [0.717, 1.165) is 11.1 Å². The molecule has 0 radical (unpaired) electrons. The van der Waals surface area contributed by atoms with Crippen molar-refractivity contribution >= 4 is 22.9 Å². The van der Waals surface area contributed by atoms with Gasteiger partial charge in [0.05, 0.1) is 6.10 Å². The summed E-state index contributed by atoms with van der Waals surface area (Å²) in [4.78, 5) is 1.17. The first-order chi connectivity index (χ1) is 7.66. The van der Waals surface area contributed by atoms with Gasteiger partial charge >= 0.3 is 0 Å². The highest BCUT2D eigenvalue weighted by atomic mass is 35.5. The third-order valence-electron chi connectivity index (χ3n) is 2.49. The topological polar surface area (TPSA) is 20.2 Å². The lowest BCUT2D eigenvalue weighted by Gasteiger charge is -2.12. The smallest absolute Gasteiger partial charge is 0.0852 e. The van der Waals surface area contributed by atoms with Crippen LogP contribution >= 0.6 is 22.9 Å². The van der Waals surface area contributed by atoms with Gasteiger partial charge in [-0.2, -0.15) is 0 Å². The first-order valence-corrected chi connectivity index (χ1v) is 6.39. The lowest BCUT2D eigenvalue weighted by atomic mass is 10.0. The van der Waals surface area contributed by atoms with E-state index in [9.17, 15) is 5.11 Å². The Hall–Kier alpha value is -0.830.